The van der Waals surface area contributed by atoms with Crippen molar-refractivity contribution in [3.63, 3.8) is 0 Å². The third kappa shape index (κ3) is 9.08. The first-order valence-corrected chi connectivity index (χ1v) is 14.2. The second-order valence-electron chi connectivity index (χ2n) is 7.44. The first kappa shape index (κ1) is 22.7. The summed E-state index contributed by atoms with van der Waals surface area (Å²) in [6.45, 7) is 14.5. The maximum Gasteiger partial charge on any atom is 0.509 e. The topological polar surface area (TPSA) is 27.7 Å². The summed E-state index contributed by atoms with van der Waals surface area (Å²) in [5.74, 6) is 0. The van der Waals surface area contributed by atoms with Crippen molar-refractivity contribution in [2.75, 3.05) is 31.1 Å². The van der Waals surface area contributed by atoms with Crippen LogP contribution in [0.1, 0.15) is 60.8 Å². The van der Waals surface area contributed by atoms with Gasteiger partial charge < -0.3 is 13.3 Å². The van der Waals surface area contributed by atoms with Crippen LogP contribution >= 0.6 is 9.48 Å². The smallest absolute Gasteiger partial charge is 0.373 e. The van der Waals surface area contributed by atoms with E-state index in [2.05, 4.69) is 63.4 Å². The van der Waals surface area contributed by atoms with Crippen LogP contribution in [0, 0.1) is 5.41 Å². The molecule has 0 heterocycles. The number of hydrogen-bond acceptors (Lipinski definition) is 3. The highest BCUT2D eigenvalue weighted by Crippen LogP contribution is 2.39. The summed E-state index contributed by atoms with van der Waals surface area (Å²) >= 11 is 0. The van der Waals surface area contributed by atoms with E-state index in [0.717, 1.165) is 24.6 Å². The molecule has 6 heteroatoms. The van der Waals surface area contributed by atoms with Gasteiger partial charge in [0.2, 0.25) is 0 Å². The second-order valence-corrected chi connectivity index (χ2v) is 17.2. The molecule has 22 heavy (non-hydrogen) atoms. The average Bonchev–Trinajstić information content (AvgIpc) is 2.37. The monoisotopic (exact) mass is 365 g/mol. The summed E-state index contributed by atoms with van der Waals surface area (Å²) in [5.41, 5.74) is 0.0867. The van der Waals surface area contributed by atoms with Crippen LogP contribution in [-0.4, -0.2) is 55.4 Å². The molecule has 0 aliphatic rings. The van der Waals surface area contributed by atoms with Crippen molar-refractivity contribution < 1.29 is 13.3 Å². The van der Waals surface area contributed by atoms with Crippen LogP contribution < -0.4 is 0 Å². The molecule has 0 aliphatic heterocycles. The summed E-state index contributed by atoms with van der Waals surface area (Å²) in [5, 5.41) is 0.865. The Morgan fingerprint density at radius 2 is 1.45 bits per heavy atom. The minimum atomic E-state index is -2.68. The fourth-order valence-electron chi connectivity index (χ4n) is 2.27. The van der Waals surface area contributed by atoms with E-state index < -0.39 is 18.3 Å². The fraction of sp³-hybridized carbons (Fsp3) is 1.00. The zero-order chi connectivity index (χ0) is 17.4. The molecule has 0 saturated heterocycles. The quantitative estimate of drug-likeness (QED) is 0.511. The summed E-state index contributed by atoms with van der Waals surface area (Å²) in [6, 6.07) is 0. The highest BCUT2D eigenvalue weighted by Gasteiger charge is 2.47. The van der Waals surface area contributed by atoms with Gasteiger partial charge in [-0.05, 0) is 37.2 Å². The molecule has 0 aliphatic carbocycles. The van der Waals surface area contributed by atoms with Crippen molar-refractivity contribution in [3.8, 4) is 0 Å². The molecule has 133 valence electrons. The van der Waals surface area contributed by atoms with Crippen LogP contribution in [-0.2, 0) is 13.3 Å². The SMILES string of the molecule is CCCO[Si](CS(C)(C)[Si])(OCCC)OC(CC)C(C)(C)C. The first-order valence-electron chi connectivity index (χ1n) is 8.41. The Bertz CT molecular complexity index is 293. The molecule has 0 rings (SSSR count). The number of rotatable bonds is 11. The van der Waals surface area contributed by atoms with Gasteiger partial charge in [0.05, 0.1) is 15.5 Å². The Labute approximate surface area is 144 Å². The van der Waals surface area contributed by atoms with Crippen LogP contribution in [0.3, 0.4) is 0 Å². The van der Waals surface area contributed by atoms with E-state index in [1.54, 1.807) is 0 Å². The minimum Gasteiger partial charge on any atom is -0.373 e. The van der Waals surface area contributed by atoms with Gasteiger partial charge in [-0.2, -0.15) is 0 Å². The Morgan fingerprint density at radius 1 is 1.00 bits per heavy atom. The summed E-state index contributed by atoms with van der Waals surface area (Å²) in [7, 11) is 0.267. The maximum atomic E-state index is 6.62. The second kappa shape index (κ2) is 9.84. The van der Waals surface area contributed by atoms with Crippen molar-refractivity contribution in [3.05, 3.63) is 0 Å². The van der Waals surface area contributed by atoms with E-state index in [-0.39, 0.29) is 11.5 Å². The van der Waals surface area contributed by atoms with E-state index in [9.17, 15) is 0 Å². The average molecular weight is 366 g/mol. The molecule has 0 bridgehead atoms. The van der Waals surface area contributed by atoms with Gasteiger partial charge in [-0.15, -0.1) is 0 Å². The molecule has 1 atom stereocenters. The molecular formula is C16H37O3SSi2. The van der Waals surface area contributed by atoms with Crippen molar-refractivity contribution in [1.82, 2.24) is 0 Å². The van der Waals surface area contributed by atoms with Crippen molar-refractivity contribution in [1.29, 1.82) is 0 Å². The van der Waals surface area contributed by atoms with E-state index in [4.69, 9.17) is 13.3 Å². The van der Waals surface area contributed by atoms with E-state index >= 15 is 0 Å². The molecule has 0 aromatic heterocycles. The predicted octanol–water partition coefficient (Wildman–Crippen LogP) is 4.31. The van der Waals surface area contributed by atoms with Crippen molar-refractivity contribution in [2.24, 2.45) is 5.41 Å². The molecule has 0 aromatic rings. The highest BCUT2D eigenvalue weighted by molar-refractivity contribution is 8.49. The Hall–Kier alpha value is 0.664. The van der Waals surface area contributed by atoms with Crippen LogP contribution in [0.25, 0.3) is 0 Å². The summed E-state index contributed by atoms with van der Waals surface area (Å²) < 4.78 is 19.2. The number of hydrogen-bond donors (Lipinski definition) is 0. The zero-order valence-corrected chi connectivity index (χ0v) is 18.8. The van der Waals surface area contributed by atoms with Crippen LogP contribution in [0.4, 0.5) is 0 Å². The molecule has 3 radical (unpaired) electrons. The van der Waals surface area contributed by atoms with Gasteiger partial charge in [-0.3, -0.25) is 9.48 Å². The van der Waals surface area contributed by atoms with E-state index in [1.165, 1.54) is 0 Å². The Kier molecular flexibility index (Phi) is 10.1. The van der Waals surface area contributed by atoms with Gasteiger partial charge in [-0.25, -0.2) is 0 Å². The normalized spacial score (nSPS) is 15.9. The van der Waals surface area contributed by atoms with Gasteiger partial charge in [0.25, 0.3) is 0 Å². The molecule has 0 amide bonds. The lowest BCUT2D eigenvalue weighted by Crippen LogP contribution is -2.55. The maximum absolute atomic E-state index is 6.62. The molecule has 1 unspecified atom stereocenters. The van der Waals surface area contributed by atoms with Crippen LogP contribution in [0.5, 0.6) is 0 Å². The third-order valence-corrected chi connectivity index (χ3v) is 10.8. The Morgan fingerprint density at radius 3 is 1.73 bits per heavy atom. The molecule has 0 aromatic carbocycles. The van der Waals surface area contributed by atoms with E-state index in [0.29, 0.717) is 13.2 Å². The van der Waals surface area contributed by atoms with Gasteiger partial charge in [0.15, 0.2) is 0 Å². The lowest BCUT2D eigenvalue weighted by molar-refractivity contribution is -0.0128. The lowest BCUT2D eigenvalue weighted by Gasteiger charge is -2.42. The van der Waals surface area contributed by atoms with Crippen molar-refractivity contribution in [2.45, 2.75) is 66.9 Å². The third-order valence-electron chi connectivity index (χ3n) is 3.25. The van der Waals surface area contributed by atoms with Crippen LogP contribution in [0.2, 0.25) is 0 Å². The van der Waals surface area contributed by atoms with Gasteiger partial charge in [0, 0.05) is 18.6 Å². The predicted molar refractivity (Wildman–Crippen MR) is 103 cm³/mol. The minimum absolute atomic E-state index is 0.0867. The first-order chi connectivity index (χ1) is 9.99. The fourth-order valence-corrected chi connectivity index (χ4v) is 10.5. The van der Waals surface area contributed by atoms with Crippen molar-refractivity contribution >= 4 is 27.7 Å². The lowest BCUT2D eigenvalue weighted by atomic mass is 9.88. The zero-order valence-electron chi connectivity index (χ0n) is 16.0. The highest BCUT2D eigenvalue weighted by atomic mass is 32.4. The molecule has 0 N–H and O–H groups in total. The van der Waals surface area contributed by atoms with Gasteiger partial charge >= 0.3 is 8.80 Å². The largest absolute Gasteiger partial charge is 0.509 e. The summed E-state index contributed by atoms with van der Waals surface area (Å²) in [4.78, 5) is 0. The van der Waals surface area contributed by atoms with Crippen LogP contribution in [0.15, 0.2) is 0 Å². The molecule has 0 fully saturated rings. The van der Waals surface area contributed by atoms with Gasteiger partial charge in [0.1, 0.15) is 0 Å². The standard InChI is InChI=1S/C16H37O3SSi2/c1-9-12-17-22(18-13-10-2,14-20(7,8)21)19-15(11-3)16(4,5)6/h15H,9-14H2,1-8H3. The summed E-state index contributed by atoms with van der Waals surface area (Å²) in [6.07, 6.45) is 7.56. The van der Waals surface area contributed by atoms with E-state index in [1.807, 2.05) is 0 Å². The van der Waals surface area contributed by atoms with Gasteiger partial charge in [-0.1, -0.05) is 41.5 Å². The molecular weight excluding hydrogens is 328 g/mol. The molecule has 0 saturated carbocycles. The molecule has 3 nitrogen and oxygen atoms in total. The Balaban J connectivity index is 5.37. The molecule has 0 spiro atoms.